The minimum absolute atomic E-state index is 0. The van der Waals surface area contributed by atoms with Gasteiger partial charge in [-0.25, -0.2) is 4.99 Å². The second-order valence-corrected chi connectivity index (χ2v) is 4.13. The van der Waals surface area contributed by atoms with Crippen molar-refractivity contribution in [3.8, 4) is 0 Å². The molecule has 0 fully saturated rings. The number of guanidine groups is 1. The SMILES string of the molecule is CCNC(N)=NCc1ccc(C(=O)N(C)C)cc1.I. The first-order chi connectivity index (χ1) is 8.54. The molecular formula is C13H21IN4O. The molecule has 0 unspecified atom stereocenters. The first-order valence-corrected chi connectivity index (χ1v) is 5.89. The molecule has 0 bridgehead atoms. The minimum atomic E-state index is -0.00258. The van der Waals surface area contributed by atoms with Crippen LogP contribution in [0.25, 0.3) is 0 Å². The van der Waals surface area contributed by atoms with Crippen LogP contribution in [0.5, 0.6) is 0 Å². The first-order valence-electron chi connectivity index (χ1n) is 5.89. The van der Waals surface area contributed by atoms with Crippen molar-refractivity contribution in [1.29, 1.82) is 0 Å². The van der Waals surface area contributed by atoms with Gasteiger partial charge in [0.1, 0.15) is 0 Å². The molecule has 0 aliphatic rings. The van der Waals surface area contributed by atoms with Gasteiger partial charge < -0.3 is 16.0 Å². The van der Waals surface area contributed by atoms with Crippen molar-refractivity contribution in [1.82, 2.24) is 10.2 Å². The molecule has 0 atom stereocenters. The van der Waals surface area contributed by atoms with Gasteiger partial charge >= 0.3 is 0 Å². The molecule has 5 nitrogen and oxygen atoms in total. The molecular weight excluding hydrogens is 355 g/mol. The van der Waals surface area contributed by atoms with Crippen molar-refractivity contribution in [2.45, 2.75) is 13.5 Å². The van der Waals surface area contributed by atoms with E-state index in [2.05, 4.69) is 10.3 Å². The number of nitrogens with one attached hydrogen (secondary N) is 1. The van der Waals surface area contributed by atoms with Gasteiger partial charge in [-0.2, -0.15) is 0 Å². The Morgan fingerprint density at radius 1 is 1.32 bits per heavy atom. The lowest BCUT2D eigenvalue weighted by atomic mass is 10.1. The van der Waals surface area contributed by atoms with Crippen molar-refractivity contribution in [2.75, 3.05) is 20.6 Å². The van der Waals surface area contributed by atoms with Gasteiger partial charge in [-0.1, -0.05) is 12.1 Å². The molecule has 6 heteroatoms. The molecule has 0 saturated carbocycles. The fourth-order valence-electron chi connectivity index (χ4n) is 1.42. The third-order valence-corrected chi connectivity index (χ3v) is 2.40. The zero-order chi connectivity index (χ0) is 13.5. The smallest absolute Gasteiger partial charge is 0.253 e. The van der Waals surface area contributed by atoms with E-state index < -0.39 is 0 Å². The van der Waals surface area contributed by atoms with Crippen LogP contribution in [0.3, 0.4) is 0 Å². The molecule has 0 aliphatic carbocycles. The highest BCUT2D eigenvalue weighted by atomic mass is 127. The summed E-state index contributed by atoms with van der Waals surface area (Å²) in [4.78, 5) is 17.4. The second kappa shape index (κ2) is 8.73. The molecule has 3 N–H and O–H groups in total. The normalized spacial score (nSPS) is 10.6. The summed E-state index contributed by atoms with van der Waals surface area (Å²) in [5.41, 5.74) is 7.32. The van der Waals surface area contributed by atoms with Crippen LogP contribution < -0.4 is 11.1 Å². The fraction of sp³-hybridized carbons (Fsp3) is 0.385. The van der Waals surface area contributed by atoms with Crippen LogP contribution in [0.15, 0.2) is 29.3 Å². The molecule has 0 saturated heterocycles. The van der Waals surface area contributed by atoms with E-state index in [1.165, 1.54) is 0 Å². The Morgan fingerprint density at radius 2 is 1.89 bits per heavy atom. The molecule has 0 aliphatic heterocycles. The predicted molar refractivity (Wildman–Crippen MR) is 88.9 cm³/mol. The predicted octanol–water partition coefficient (Wildman–Crippen LogP) is 1.43. The summed E-state index contributed by atoms with van der Waals surface area (Å²) in [5, 5.41) is 2.93. The van der Waals surface area contributed by atoms with Crippen LogP contribution in [0, 0.1) is 0 Å². The van der Waals surface area contributed by atoms with Crippen LogP contribution in [0.2, 0.25) is 0 Å². The van der Waals surface area contributed by atoms with E-state index in [0.29, 0.717) is 18.1 Å². The van der Waals surface area contributed by atoms with Crippen LogP contribution >= 0.6 is 24.0 Å². The van der Waals surface area contributed by atoms with Crippen LogP contribution in [0.4, 0.5) is 0 Å². The molecule has 19 heavy (non-hydrogen) atoms. The number of hydrogen-bond donors (Lipinski definition) is 2. The van der Waals surface area contributed by atoms with Gasteiger partial charge in [0.25, 0.3) is 5.91 Å². The highest BCUT2D eigenvalue weighted by Gasteiger charge is 2.06. The Morgan fingerprint density at radius 3 is 2.37 bits per heavy atom. The van der Waals surface area contributed by atoms with E-state index >= 15 is 0 Å². The van der Waals surface area contributed by atoms with Gasteiger partial charge in [0, 0.05) is 26.2 Å². The van der Waals surface area contributed by atoms with Crippen molar-refractivity contribution in [3.05, 3.63) is 35.4 Å². The Balaban J connectivity index is 0.00000324. The van der Waals surface area contributed by atoms with Gasteiger partial charge in [-0.15, -0.1) is 24.0 Å². The summed E-state index contributed by atoms with van der Waals surface area (Å²) < 4.78 is 0. The largest absolute Gasteiger partial charge is 0.370 e. The monoisotopic (exact) mass is 376 g/mol. The van der Waals surface area contributed by atoms with Gasteiger partial charge in [-0.05, 0) is 24.6 Å². The average molecular weight is 376 g/mol. The summed E-state index contributed by atoms with van der Waals surface area (Å²) in [6.45, 7) is 3.23. The molecule has 0 spiro atoms. The van der Waals surface area contributed by atoms with E-state index in [0.717, 1.165) is 12.1 Å². The molecule has 0 aromatic heterocycles. The maximum Gasteiger partial charge on any atom is 0.253 e. The van der Waals surface area contributed by atoms with E-state index in [9.17, 15) is 4.79 Å². The fourth-order valence-corrected chi connectivity index (χ4v) is 1.42. The first kappa shape index (κ1) is 17.7. The Bertz CT molecular complexity index is 429. The number of halogens is 1. The number of nitrogens with zero attached hydrogens (tertiary/aromatic N) is 2. The standard InChI is InChI=1S/C13H20N4O.HI/c1-4-15-13(14)16-9-10-5-7-11(8-6-10)12(18)17(2)3;/h5-8H,4,9H2,1-3H3,(H3,14,15,16);1H. The highest BCUT2D eigenvalue weighted by molar-refractivity contribution is 14.0. The van der Waals surface area contributed by atoms with Gasteiger partial charge in [-0.3, -0.25) is 4.79 Å². The zero-order valence-corrected chi connectivity index (χ0v) is 13.8. The lowest BCUT2D eigenvalue weighted by molar-refractivity contribution is 0.0827. The van der Waals surface area contributed by atoms with Crippen molar-refractivity contribution in [3.63, 3.8) is 0 Å². The van der Waals surface area contributed by atoms with Crippen LogP contribution in [-0.4, -0.2) is 37.4 Å². The van der Waals surface area contributed by atoms with Crippen LogP contribution in [-0.2, 0) is 6.54 Å². The number of aliphatic imine (C=N–C) groups is 1. The maximum absolute atomic E-state index is 11.7. The maximum atomic E-state index is 11.7. The molecule has 1 aromatic rings. The summed E-state index contributed by atoms with van der Waals surface area (Å²) in [7, 11) is 3.47. The summed E-state index contributed by atoms with van der Waals surface area (Å²) >= 11 is 0. The topological polar surface area (TPSA) is 70.7 Å². The van der Waals surface area contributed by atoms with Gasteiger partial charge in [0.15, 0.2) is 5.96 Å². The molecule has 106 valence electrons. The Hall–Kier alpha value is -1.31. The summed E-state index contributed by atoms with van der Waals surface area (Å²) in [5.74, 6) is 0.433. The average Bonchev–Trinajstić information content (AvgIpc) is 2.36. The quantitative estimate of drug-likeness (QED) is 0.475. The molecule has 0 heterocycles. The number of rotatable bonds is 4. The van der Waals surface area contributed by atoms with Gasteiger partial charge in [0.2, 0.25) is 0 Å². The van der Waals surface area contributed by atoms with Gasteiger partial charge in [0.05, 0.1) is 6.54 Å². The van der Waals surface area contributed by atoms with E-state index in [1.807, 2.05) is 19.1 Å². The molecule has 1 rings (SSSR count). The third kappa shape index (κ3) is 5.91. The summed E-state index contributed by atoms with van der Waals surface area (Å²) in [6.07, 6.45) is 0. The number of benzene rings is 1. The Kier molecular flexibility index (Phi) is 8.13. The second-order valence-electron chi connectivity index (χ2n) is 4.13. The molecule has 1 amide bonds. The zero-order valence-electron chi connectivity index (χ0n) is 11.5. The third-order valence-electron chi connectivity index (χ3n) is 2.40. The van der Waals surface area contributed by atoms with E-state index in [-0.39, 0.29) is 29.9 Å². The number of carbonyl (C=O) groups is 1. The molecule has 1 aromatic carbocycles. The van der Waals surface area contributed by atoms with E-state index in [1.54, 1.807) is 31.1 Å². The van der Waals surface area contributed by atoms with Crippen molar-refractivity contribution >= 4 is 35.8 Å². The number of hydrogen-bond acceptors (Lipinski definition) is 2. The lowest BCUT2D eigenvalue weighted by Crippen LogP contribution is -2.31. The van der Waals surface area contributed by atoms with Crippen LogP contribution in [0.1, 0.15) is 22.8 Å². The number of nitrogens with two attached hydrogens (primary N) is 1. The minimum Gasteiger partial charge on any atom is -0.370 e. The highest BCUT2D eigenvalue weighted by Crippen LogP contribution is 2.07. The number of carbonyl (C=O) groups excluding carboxylic acids is 1. The number of amides is 1. The van der Waals surface area contributed by atoms with Crippen molar-refractivity contribution < 1.29 is 4.79 Å². The Labute approximate surface area is 131 Å². The van der Waals surface area contributed by atoms with Crippen molar-refractivity contribution in [2.24, 2.45) is 10.7 Å². The molecule has 0 radical (unpaired) electrons. The van der Waals surface area contributed by atoms with E-state index in [4.69, 9.17) is 5.73 Å². The lowest BCUT2D eigenvalue weighted by Gasteiger charge is -2.10. The summed E-state index contributed by atoms with van der Waals surface area (Å²) in [6, 6.07) is 7.38.